The van der Waals surface area contributed by atoms with E-state index in [1.165, 1.54) is 0 Å². The van der Waals surface area contributed by atoms with E-state index < -0.39 is 0 Å². The molecule has 0 spiro atoms. The minimum atomic E-state index is 0.144. The van der Waals surface area contributed by atoms with E-state index in [0.29, 0.717) is 11.9 Å². The molecule has 154 valence electrons. The van der Waals surface area contributed by atoms with E-state index in [1.807, 2.05) is 30.6 Å². The Labute approximate surface area is 173 Å². The smallest absolute Gasteiger partial charge is 0.230 e. The van der Waals surface area contributed by atoms with Crippen molar-refractivity contribution in [2.45, 2.75) is 66.0 Å². The van der Waals surface area contributed by atoms with Crippen molar-refractivity contribution in [2.75, 3.05) is 30.4 Å². The Kier molecular flexibility index (Phi) is 6.12. The summed E-state index contributed by atoms with van der Waals surface area (Å²) in [5, 5.41) is 5.46. The summed E-state index contributed by atoms with van der Waals surface area (Å²) in [4.78, 5) is 18.4. The van der Waals surface area contributed by atoms with Gasteiger partial charge in [0.2, 0.25) is 11.9 Å². The summed E-state index contributed by atoms with van der Waals surface area (Å²) in [6.45, 7) is 12.3. The van der Waals surface area contributed by atoms with Gasteiger partial charge in [0.05, 0.1) is 11.7 Å². The molecule has 0 aromatic carbocycles. The van der Waals surface area contributed by atoms with Crippen molar-refractivity contribution in [1.82, 2.24) is 24.7 Å². The molecule has 0 bridgehead atoms. The highest BCUT2D eigenvalue weighted by molar-refractivity contribution is 6.30. The zero-order valence-electron chi connectivity index (χ0n) is 18.1. The molecule has 3 rings (SSSR count). The van der Waals surface area contributed by atoms with E-state index in [4.69, 9.17) is 26.7 Å². The summed E-state index contributed by atoms with van der Waals surface area (Å²) in [5.41, 5.74) is 2.10. The van der Waals surface area contributed by atoms with Crippen LogP contribution in [0.15, 0.2) is 0 Å². The average molecular weight is 406 g/mol. The second-order valence-electron chi connectivity index (χ2n) is 8.56. The fraction of sp³-hybridized carbons (Fsp3) is 0.700. The van der Waals surface area contributed by atoms with Crippen molar-refractivity contribution < 1.29 is 0 Å². The molecule has 0 N–H and O–H groups in total. The van der Waals surface area contributed by atoms with Gasteiger partial charge in [0.15, 0.2) is 0 Å². The first kappa shape index (κ1) is 20.8. The maximum Gasteiger partial charge on any atom is 0.230 e. The van der Waals surface area contributed by atoms with Crippen molar-refractivity contribution in [1.29, 1.82) is 0 Å². The monoisotopic (exact) mass is 405 g/mol. The maximum absolute atomic E-state index is 6.78. The van der Waals surface area contributed by atoms with Gasteiger partial charge in [-0.15, -0.1) is 0 Å². The summed E-state index contributed by atoms with van der Waals surface area (Å²) in [5.74, 6) is 2.97. The lowest BCUT2D eigenvalue weighted by Gasteiger charge is -2.26. The Morgan fingerprint density at radius 2 is 1.86 bits per heavy atom. The Morgan fingerprint density at radius 1 is 1.14 bits per heavy atom. The first-order valence-electron chi connectivity index (χ1n) is 10.1. The number of hydrogen-bond acceptors (Lipinski definition) is 6. The molecule has 0 saturated carbocycles. The fourth-order valence-electron chi connectivity index (χ4n) is 3.67. The van der Waals surface area contributed by atoms with Crippen molar-refractivity contribution in [3.05, 3.63) is 22.2 Å². The molecule has 1 aliphatic heterocycles. The summed E-state index contributed by atoms with van der Waals surface area (Å²) >= 11 is 6.78. The maximum atomic E-state index is 6.78. The number of halogens is 1. The molecule has 1 atom stereocenters. The summed E-state index contributed by atoms with van der Waals surface area (Å²) in [6, 6.07) is 0.144. The Balaban J connectivity index is 2.02. The SMILES string of the molecule is Cc1nn(CC(C)C)c(Cl)c1C1CCCN1c1nc(C(C)C)nc(N(C)C)n1. The lowest BCUT2D eigenvalue weighted by Crippen LogP contribution is -2.27. The van der Waals surface area contributed by atoms with E-state index >= 15 is 0 Å². The highest BCUT2D eigenvalue weighted by Gasteiger charge is 2.34. The molecule has 2 aromatic heterocycles. The second-order valence-corrected chi connectivity index (χ2v) is 8.92. The summed E-state index contributed by atoms with van der Waals surface area (Å²) in [6.07, 6.45) is 2.10. The van der Waals surface area contributed by atoms with Crippen molar-refractivity contribution in [3.8, 4) is 0 Å². The molecule has 2 aromatic rings. The molecule has 28 heavy (non-hydrogen) atoms. The van der Waals surface area contributed by atoms with Crippen LogP contribution in [0, 0.1) is 12.8 Å². The highest BCUT2D eigenvalue weighted by Crippen LogP contribution is 2.40. The van der Waals surface area contributed by atoms with E-state index in [9.17, 15) is 0 Å². The van der Waals surface area contributed by atoms with Gasteiger partial charge in [-0.2, -0.15) is 20.1 Å². The molecule has 7 nitrogen and oxygen atoms in total. The molecule has 1 unspecified atom stereocenters. The molecular formula is C20H32ClN7. The van der Waals surface area contributed by atoms with Gasteiger partial charge in [-0.3, -0.25) is 4.68 Å². The number of rotatable bonds is 6. The first-order chi connectivity index (χ1) is 13.2. The molecule has 0 aliphatic carbocycles. The number of aromatic nitrogens is 5. The van der Waals surface area contributed by atoms with Crippen LogP contribution in [0.5, 0.6) is 0 Å². The third-order valence-electron chi connectivity index (χ3n) is 5.04. The van der Waals surface area contributed by atoms with Crippen molar-refractivity contribution in [2.24, 2.45) is 5.92 Å². The third kappa shape index (κ3) is 4.09. The number of anilines is 2. The van der Waals surface area contributed by atoms with Crippen LogP contribution in [-0.2, 0) is 6.54 Å². The Hall–Kier alpha value is -1.89. The molecule has 8 heteroatoms. The van der Waals surface area contributed by atoms with Crippen LogP contribution in [0.4, 0.5) is 11.9 Å². The van der Waals surface area contributed by atoms with Crippen LogP contribution < -0.4 is 9.80 Å². The Morgan fingerprint density at radius 3 is 2.46 bits per heavy atom. The van der Waals surface area contributed by atoms with E-state index in [1.54, 1.807) is 0 Å². The van der Waals surface area contributed by atoms with Crippen LogP contribution in [-0.4, -0.2) is 45.4 Å². The topological polar surface area (TPSA) is 63.0 Å². The molecule has 1 aliphatic rings. The standard InChI is InChI=1S/C20H32ClN7/c1-12(2)11-28-17(21)16(14(5)25-28)15-9-8-10-27(15)20-23-18(13(3)4)22-19(24-20)26(6)7/h12-13,15H,8-11H2,1-7H3. The van der Waals surface area contributed by atoms with Crippen LogP contribution in [0.2, 0.25) is 5.15 Å². The van der Waals surface area contributed by atoms with Gasteiger partial charge < -0.3 is 9.80 Å². The summed E-state index contributed by atoms with van der Waals surface area (Å²) < 4.78 is 1.94. The van der Waals surface area contributed by atoms with Crippen molar-refractivity contribution >= 4 is 23.5 Å². The highest BCUT2D eigenvalue weighted by atomic mass is 35.5. The Bertz CT molecular complexity index is 802. The number of nitrogens with zero attached hydrogens (tertiary/aromatic N) is 7. The predicted molar refractivity (Wildman–Crippen MR) is 114 cm³/mol. The van der Waals surface area contributed by atoms with Gasteiger partial charge in [0.1, 0.15) is 11.0 Å². The number of aryl methyl sites for hydroxylation is 1. The van der Waals surface area contributed by atoms with Crippen molar-refractivity contribution in [3.63, 3.8) is 0 Å². The van der Waals surface area contributed by atoms with Gasteiger partial charge in [-0.25, -0.2) is 0 Å². The molecule has 1 fully saturated rings. The van der Waals surface area contributed by atoms with E-state index in [-0.39, 0.29) is 12.0 Å². The van der Waals surface area contributed by atoms with E-state index in [0.717, 1.165) is 54.1 Å². The zero-order chi connectivity index (χ0) is 20.6. The largest absolute Gasteiger partial charge is 0.347 e. The van der Waals surface area contributed by atoms with Gasteiger partial charge in [-0.05, 0) is 25.7 Å². The molecular weight excluding hydrogens is 374 g/mol. The molecule has 0 amide bonds. The average Bonchev–Trinajstić information content (AvgIpc) is 3.18. The minimum absolute atomic E-state index is 0.144. The number of hydrogen-bond donors (Lipinski definition) is 0. The molecule has 3 heterocycles. The van der Waals surface area contributed by atoms with Crippen LogP contribution in [0.3, 0.4) is 0 Å². The lowest BCUT2D eigenvalue weighted by atomic mass is 10.1. The first-order valence-corrected chi connectivity index (χ1v) is 10.5. The zero-order valence-corrected chi connectivity index (χ0v) is 18.8. The summed E-state index contributed by atoms with van der Waals surface area (Å²) in [7, 11) is 3.92. The third-order valence-corrected chi connectivity index (χ3v) is 5.43. The van der Waals surface area contributed by atoms with Gasteiger partial charge in [0, 0.05) is 38.7 Å². The minimum Gasteiger partial charge on any atom is -0.347 e. The molecule has 0 radical (unpaired) electrons. The van der Waals surface area contributed by atoms with Gasteiger partial charge >= 0.3 is 0 Å². The lowest BCUT2D eigenvalue weighted by molar-refractivity contribution is 0.481. The van der Waals surface area contributed by atoms with Crippen LogP contribution in [0.1, 0.15) is 69.6 Å². The fourth-order valence-corrected chi connectivity index (χ4v) is 4.04. The second kappa shape index (κ2) is 8.23. The van der Waals surface area contributed by atoms with Gasteiger partial charge in [-0.1, -0.05) is 39.3 Å². The van der Waals surface area contributed by atoms with Crippen LogP contribution >= 0.6 is 11.6 Å². The van der Waals surface area contributed by atoms with Crippen LogP contribution in [0.25, 0.3) is 0 Å². The van der Waals surface area contributed by atoms with Gasteiger partial charge in [0.25, 0.3) is 0 Å². The van der Waals surface area contributed by atoms with E-state index in [2.05, 4.69) is 37.6 Å². The normalized spacial score (nSPS) is 17.2. The molecule has 1 saturated heterocycles. The quantitative estimate of drug-likeness (QED) is 0.717. The predicted octanol–water partition coefficient (Wildman–Crippen LogP) is 4.22.